The van der Waals surface area contributed by atoms with Crippen molar-refractivity contribution in [3.63, 3.8) is 0 Å². The molecule has 4 aromatic rings. The maximum atomic E-state index is 13.2. The first-order valence-electron chi connectivity index (χ1n) is 9.38. The Morgan fingerprint density at radius 3 is 2.50 bits per heavy atom. The summed E-state index contributed by atoms with van der Waals surface area (Å²) in [4.78, 5) is 40.9. The maximum absolute atomic E-state index is 13.2. The summed E-state index contributed by atoms with van der Waals surface area (Å²) in [6.07, 6.45) is 0. The van der Waals surface area contributed by atoms with Gasteiger partial charge in [0.05, 0.1) is 27.3 Å². The van der Waals surface area contributed by atoms with Crippen molar-refractivity contribution < 1.29 is 9.72 Å². The lowest BCUT2D eigenvalue weighted by Gasteiger charge is -2.13. The van der Waals surface area contributed by atoms with Gasteiger partial charge in [-0.1, -0.05) is 47.6 Å². The molecule has 0 aliphatic rings. The van der Waals surface area contributed by atoms with Gasteiger partial charge < -0.3 is 5.32 Å². The molecule has 1 N–H and O–H groups in total. The SMILES string of the molecule is O=C(CSc1nc2ccccc2c(=O)n1-c1ccc(Cl)cc1)Nc1ccccc1[N+](=O)[O-]. The Kier molecular flexibility index (Phi) is 6.20. The van der Waals surface area contributed by atoms with Crippen LogP contribution in [0.4, 0.5) is 11.4 Å². The second-order valence-electron chi connectivity index (χ2n) is 6.64. The number of anilines is 1. The predicted octanol–water partition coefficient (Wildman–Crippen LogP) is 4.68. The molecule has 8 nitrogen and oxygen atoms in total. The van der Waals surface area contributed by atoms with Crippen LogP contribution in [0.5, 0.6) is 0 Å². The smallest absolute Gasteiger partial charge is 0.292 e. The molecule has 0 unspecified atom stereocenters. The standard InChI is InChI=1S/C22H15ClN4O4S/c23-14-9-11-15(12-10-14)26-21(29)16-5-1-2-6-17(16)25-22(26)32-13-20(28)24-18-7-3-4-8-19(18)27(30)31/h1-12H,13H2,(H,24,28). The summed E-state index contributed by atoms with van der Waals surface area (Å²) in [6.45, 7) is 0. The van der Waals surface area contributed by atoms with Crippen molar-refractivity contribution in [3.05, 3.63) is 98.3 Å². The molecule has 0 fully saturated rings. The molecule has 0 saturated heterocycles. The van der Waals surface area contributed by atoms with E-state index >= 15 is 0 Å². The van der Waals surface area contributed by atoms with Crippen LogP contribution in [-0.4, -0.2) is 26.1 Å². The van der Waals surface area contributed by atoms with E-state index in [4.69, 9.17) is 11.6 Å². The van der Waals surface area contributed by atoms with E-state index in [1.54, 1.807) is 54.6 Å². The third-order valence-electron chi connectivity index (χ3n) is 4.54. The molecule has 0 radical (unpaired) electrons. The zero-order valence-electron chi connectivity index (χ0n) is 16.4. The molecule has 0 saturated carbocycles. The third kappa shape index (κ3) is 4.48. The average molecular weight is 467 g/mol. The molecule has 3 aromatic carbocycles. The number of para-hydroxylation sites is 3. The second kappa shape index (κ2) is 9.21. The minimum atomic E-state index is -0.564. The highest BCUT2D eigenvalue weighted by atomic mass is 35.5. The lowest BCUT2D eigenvalue weighted by atomic mass is 10.2. The van der Waals surface area contributed by atoms with Crippen molar-refractivity contribution in [1.82, 2.24) is 9.55 Å². The Balaban J connectivity index is 1.66. The van der Waals surface area contributed by atoms with Gasteiger partial charge in [-0.05, 0) is 42.5 Å². The van der Waals surface area contributed by atoms with Gasteiger partial charge in [-0.25, -0.2) is 4.98 Å². The van der Waals surface area contributed by atoms with Crippen molar-refractivity contribution >= 4 is 51.5 Å². The molecule has 0 aliphatic heterocycles. The number of rotatable bonds is 6. The Bertz CT molecular complexity index is 1390. The zero-order valence-corrected chi connectivity index (χ0v) is 18.0. The number of benzene rings is 3. The largest absolute Gasteiger partial charge is 0.320 e. The van der Waals surface area contributed by atoms with Crippen molar-refractivity contribution in [3.8, 4) is 5.69 Å². The number of hydrogen-bond donors (Lipinski definition) is 1. The molecule has 1 aromatic heterocycles. The minimum absolute atomic E-state index is 0.102. The van der Waals surface area contributed by atoms with E-state index < -0.39 is 10.8 Å². The molecular formula is C22H15ClN4O4S. The van der Waals surface area contributed by atoms with Crippen molar-refractivity contribution in [1.29, 1.82) is 0 Å². The topological polar surface area (TPSA) is 107 Å². The lowest BCUT2D eigenvalue weighted by molar-refractivity contribution is -0.383. The number of nitrogens with one attached hydrogen (secondary N) is 1. The van der Waals surface area contributed by atoms with Crippen LogP contribution in [0.15, 0.2) is 82.7 Å². The molecule has 4 rings (SSSR count). The van der Waals surface area contributed by atoms with Gasteiger partial charge in [0.15, 0.2) is 5.16 Å². The van der Waals surface area contributed by atoms with Crippen LogP contribution in [0.2, 0.25) is 5.02 Å². The average Bonchev–Trinajstić information content (AvgIpc) is 2.79. The monoisotopic (exact) mass is 466 g/mol. The maximum Gasteiger partial charge on any atom is 0.292 e. The number of thioether (sulfide) groups is 1. The number of carbonyl (C=O) groups is 1. The van der Waals surface area contributed by atoms with E-state index in [2.05, 4.69) is 10.3 Å². The highest BCUT2D eigenvalue weighted by molar-refractivity contribution is 7.99. The number of hydrogen-bond acceptors (Lipinski definition) is 6. The van der Waals surface area contributed by atoms with Gasteiger partial charge in [0.1, 0.15) is 5.69 Å². The Morgan fingerprint density at radius 2 is 1.75 bits per heavy atom. The third-order valence-corrected chi connectivity index (χ3v) is 5.73. The number of nitro groups is 1. The molecule has 0 atom stereocenters. The van der Waals surface area contributed by atoms with Crippen LogP contribution in [0, 0.1) is 10.1 Å². The highest BCUT2D eigenvalue weighted by Crippen LogP contribution is 2.25. The molecule has 0 bridgehead atoms. The molecule has 0 spiro atoms. The summed E-state index contributed by atoms with van der Waals surface area (Å²) < 4.78 is 1.42. The fraction of sp³-hybridized carbons (Fsp3) is 0.0455. The van der Waals surface area contributed by atoms with E-state index in [0.717, 1.165) is 11.8 Å². The molecule has 10 heteroatoms. The van der Waals surface area contributed by atoms with Crippen LogP contribution in [0.3, 0.4) is 0 Å². The van der Waals surface area contributed by atoms with Gasteiger partial charge in [-0.2, -0.15) is 0 Å². The summed E-state index contributed by atoms with van der Waals surface area (Å²) in [5, 5.41) is 15.0. The lowest BCUT2D eigenvalue weighted by Crippen LogP contribution is -2.23. The number of halogens is 1. The summed E-state index contributed by atoms with van der Waals surface area (Å²) in [5.41, 5.74) is 0.681. The Morgan fingerprint density at radius 1 is 1.06 bits per heavy atom. The summed E-state index contributed by atoms with van der Waals surface area (Å²) in [7, 11) is 0. The normalized spacial score (nSPS) is 10.8. The van der Waals surface area contributed by atoms with Crippen molar-refractivity contribution in [2.24, 2.45) is 0 Å². The molecule has 0 aliphatic carbocycles. The second-order valence-corrected chi connectivity index (χ2v) is 8.02. The number of amides is 1. The van der Waals surface area contributed by atoms with E-state index in [-0.39, 0.29) is 22.7 Å². The quantitative estimate of drug-likeness (QED) is 0.191. The molecule has 1 heterocycles. The first-order valence-corrected chi connectivity index (χ1v) is 10.7. The molecule has 32 heavy (non-hydrogen) atoms. The number of aromatic nitrogens is 2. The summed E-state index contributed by atoms with van der Waals surface area (Å²) in [6, 6.07) is 19.5. The predicted molar refractivity (Wildman–Crippen MR) is 125 cm³/mol. The number of carbonyl (C=O) groups excluding carboxylic acids is 1. The molecule has 160 valence electrons. The van der Waals surface area contributed by atoms with Crippen LogP contribution < -0.4 is 10.9 Å². The Labute approximate surface area is 191 Å². The van der Waals surface area contributed by atoms with Gasteiger partial charge >= 0.3 is 0 Å². The first kappa shape index (κ1) is 21.5. The number of fused-ring (bicyclic) bond motifs is 1. The molecular weight excluding hydrogens is 452 g/mol. The van der Waals surface area contributed by atoms with Crippen molar-refractivity contribution in [2.75, 3.05) is 11.1 Å². The molecule has 1 amide bonds. The van der Waals surface area contributed by atoms with Crippen molar-refractivity contribution in [2.45, 2.75) is 5.16 Å². The van der Waals surface area contributed by atoms with Gasteiger partial charge in [-0.3, -0.25) is 24.3 Å². The van der Waals surface area contributed by atoms with E-state index in [1.165, 1.54) is 22.8 Å². The summed E-state index contributed by atoms with van der Waals surface area (Å²) in [5.74, 6) is -0.570. The van der Waals surface area contributed by atoms with Crippen LogP contribution >= 0.6 is 23.4 Å². The van der Waals surface area contributed by atoms with Gasteiger partial charge in [0.25, 0.3) is 11.2 Å². The fourth-order valence-electron chi connectivity index (χ4n) is 3.08. The minimum Gasteiger partial charge on any atom is -0.320 e. The fourth-order valence-corrected chi connectivity index (χ4v) is 4.02. The van der Waals surface area contributed by atoms with E-state index in [0.29, 0.717) is 26.8 Å². The van der Waals surface area contributed by atoms with Crippen LogP contribution in [0.25, 0.3) is 16.6 Å². The van der Waals surface area contributed by atoms with Gasteiger partial charge in [0.2, 0.25) is 5.91 Å². The highest BCUT2D eigenvalue weighted by Gasteiger charge is 2.17. The van der Waals surface area contributed by atoms with Crippen LogP contribution in [-0.2, 0) is 4.79 Å². The van der Waals surface area contributed by atoms with E-state index in [9.17, 15) is 19.7 Å². The van der Waals surface area contributed by atoms with Gasteiger partial charge in [0, 0.05) is 11.1 Å². The number of nitrogens with zero attached hydrogens (tertiary/aromatic N) is 3. The first-order chi connectivity index (χ1) is 15.4. The van der Waals surface area contributed by atoms with E-state index in [1.807, 2.05) is 0 Å². The summed E-state index contributed by atoms with van der Waals surface area (Å²) >= 11 is 7.03. The zero-order chi connectivity index (χ0) is 22.7. The van der Waals surface area contributed by atoms with Crippen LogP contribution in [0.1, 0.15) is 0 Å². The van der Waals surface area contributed by atoms with Gasteiger partial charge in [-0.15, -0.1) is 0 Å². The number of nitro benzene ring substituents is 1. The Hall–Kier alpha value is -3.69.